The first-order valence-electron chi connectivity index (χ1n) is 6.22. The van der Waals surface area contributed by atoms with Crippen LogP contribution in [0.25, 0.3) is 0 Å². The maximum Gasteiger partial charge on any atom is 0.116 e. The molecule has 1 unspecified atom stereocenters. The lowest BCUT2D eigenvalue weighted by atomic mass is 10.1. The fourth-order valence-electron chi connectivity index (χ4n) is 2.31. The first kappa shape index (κ1) is 12.2. The number of hydrogen-bond acceptors (Lipinski definition) is 4. The van der Waals surface area contributed by atoms with Crippen LogP contribution in [0.1, 0.15) is 16.5 Å². The normalized spacial score (nSPS) is 16.8. The van der Waals surface area contributed by atoms with Gasteiger partial charge in [0.1, 0.15) is 11.1 Å². The monoisotopic (exact) mass is 272 g/mol. The van der Waals surface area contributed by atoms with E-state index in [1.54, 1.807) is 17.8 Å². The Bertz CT molecular complexity index is 628. The van der Waals surface area contributed by atoms with Crippen LogP contribution < -0.4 is 10.6 Å². The first-order chi connectivity index (χ1) is 9.17. The molecule has 19 heavy (non-hydrogen) atoms. The molecule has 1 atom stereocenters. The van der Waals surface area contributed by atoms with Crippen molar-refractivity contribution in [1.29, 1.82) is 0 Å². The summed E-state index contributed by atoms with van der Waals surface area (Å²) in [6, 6.07) is 11.9. The Kier molecular flexibility index (Phi) is 3.03. The zero-order valence-corrected chi connectivity index (χ0v) is 11.7. The molecule has 3 N–H and O–H groups in total. The summed E-state index contributed by atoms with van der Waals surface area (Å²) in [5.74, 6) is 0.315. The summed E-state index contributed by atoms with van der Waals surface area (Å²) in [6.45, 7) is 2.11. The Balaban J connectivity index is 1.88. The van der Waals surface area contributed by atoms with Crippen molar-refractivity contribution in [3.63, 3.8) is 0 Å². The van der Waals surface area contributed by atoms with Gasteiger partial charge in [0.15, 0.2) is 0 Å². The van der Waals surface area contributed by atoms with Crippen LogP contribution >= 0.6 is 11.8 Å². The van der Waals surface area contributed by atoms with E-state index in [1.165, 1.54) is 11.1 Å². The van der Waals surface area contributed by atoms with Gasteiger partial charge in [-0.3, -0.25) is 0 Å². The van der Waals surface area contributed by atoms with Gasteiger partial charge in [-0.2, -0.15) is 0 Å². The Hall–Kier alpha value is -1.81. The van der Waals surface area contributed by atoms with E-state index in [4.69, 9.17) is 0 Å². The van der Waals surface area contributed by atoms with Gasteiger partial charge in [-0.05, 0) is 42.3 Å². The molecule has 0 aromatic heterocycles. The van der Waals surface area contributed by atoms with Crippen molar-refractivity contribution in [2.24, 2.45) is 0 Å². The molecule has 0 bridgehead atoms. The lowest BCUT2D eigenvalue weighted by molar-refractivity contribution is 0.474. The second-order valence-corrected chi connectivity index (χ2v) is 5.79. The maximum absolute atomic E-state index is 9.52. The third kappa shape index (κ3) is 2.24. The summed E-state index contributed by atoms with van der Waals surface area (Å²) in [6.07, 6.45) is 0. The Morgan fingerprint density at radius 3 is 2.79 bits per heavy atom. The Morgan fingerprint density at radius 2 is 2.05 bits per heavy atom. The van der Waals surface area contributed by atoms with Crippen LogP contribution in [-0.4, -0.2) is 12.2 Å². The number of benzene rings is 2. The summed E-state index contributed by atoms with van der Waals surface area (Å²) in [5.41, 5.74) is 4.73. The zero-order valence-electron chi connectivity index (χ0n) is 10.9. The lowest BCUT2D eigenvalue weighted by Crippen LogP contribution is -2.02. The van der Waals surface area contributed by atoms with E-state index in [1.807, 2.05) is 19.2 Å². The van der Waals surface area contributed by atoms with Gasteiger partial charge in [-0.15, -0.1) is 0 Å². The first-order valence-corrected chi connectivity index (χ1v) is 7.10. The maximum atomic E-state index is 9.52. The van der Waals surface area contributed by atoms with Crippen LogP contribution in [0.5, 0.6) is 5.75 Å². The van der Waals surface area contributed by atoms with Crippen LogP contribution in [0, 0.1) is 6.92 Å². The van der Waals surface area contributed by atoms with E-state index in [0.717, 1.165) is 16.3 Å². The molecule has 2 aromatic carbocycles. The molecule has 1 aliphatic rings. The zero-order chi connectivity index (χ0) is 13.4. The molecule has 1 aliphatic heterocycles. The van der Waals surface area contributed by atoms with E-state index >= 15 is 0 Å². The average Bonchev–Trinajstić information content (AvgIpc) is 2.81. The van der Waals surface area contributed by atoms with Crippen LogP contribution in [0.2, 0.25) is 0 Å². The highest BCUT2D eigenvalue weighted by atomic mass is 32.2. The Morgan fingerprint density at radius 1 is 1.21 bits per heavy atom. The highest BCUT2D eigenvalue weighted by Gasteiger charge is 2.23. The molecule has 3 rings (SSSR count). The molecule has 0 radical (unpaired) electrons. The number of rotatable bonds is 2. The lowest BCUT2D eigenvalue weighted by Gasteiger charge is -2.13. The second kappa shape index (κ2) is 4.70. The smallest absolute Gasteiger partial charge is 0.116 e. The van der Waals surface area contributed by atoms with Gasteiger partial charge < -0.3 is 15.7 Å². The van der Waals surface area contributed by atoms with Gasteiger partial charge in [-0.1, -0.05) is 23.9 Å². The minimum atomic E-state index is 0.210. The second-order valence-electron chi connectivity index (χ2n) is 4.65. The van der Waals surface area contributed by atoms with Crippen LogP contribution in [0.3, 0.4) is 0 Å². The minimum absolute atomic E-state index is 0.210. The van der Waals surface area contributed by atoms with Crippen LogP contribution in [0.15, 0.2) is 41.3 Å². The fraction of sp³-hybridized carbons (Fsp3) is 0.200. The fourth-order valence-corrected chi connectivity index (χ4v) is 3.47. The quantitative estimate of drug-likeness (QED) is 0.724. The van der Waals surface area contributed by atoms with E-state index in [0.29, 0.717) is 5.75 Å². The standard InChI is InChI=1S/C15H16N2OS/c1-9-7-10(3-5-12(9)16-2)15-17-13-6-4-11(18)8-14(13)19-15/h3-8,15-18H,1-2H3. The highest BCUT2D eigenvalue weighted by molar-refractivity contribution is 8.00. The number of phenolic OH excluding ortho intramolecular Hbond substituents is 1. The highest BCUT2D eigenvalue weighted by Crippen LogP contribution is 2.47. The molecule has 0 saturated heterocycles. The van der Waals surface area contributed by atoms with Gasteiger partial charge in [-0.25, -0.2) is 0 Å². The van der Waals surface area contributed by atoms with Crippen molar-refractivity contribution in [3.05, 3.63) is 47.5 Å². The van der Waals surface area contributed by atoms with Gasteiger partial charge in [0.05, 0.1) is 0 Å². The molecule has 4 heteroatoms. The summed E-state index contributed by atoms with van der Waals surface area (Å²) < 4.78 is 0. The van der Waals surface area contributed by atoms with Crippen molar-refractivity contribution < 1.29 is 5.11 Å². The van der Waals surface area contributed by atoms with E-state index in [2.05, 4.69) is 35.8 Å². The van der Waals surface area contributed by atoms with Crippen molar-refractivity contribution in [2.75, 3.05) is 17.7 Å². The SMILES string of the molecule is CNc1ccc(C2Nc3ccc(O)cc3S2)cc1C. The molecule has 98 valence electrons. The van der Waals surface area contributed by atoms with Gasteiger partial charge in [0.2, 0.25) is 0 Å². The van der Waals surface area contributed by atoms with Crippen LogP contribution in [0.4, 0.5) is 11.4 Å². The van der Waals surface area contributed by atoms with Gasteiger partial charge in [0.25, 0.3) is 0 Å². The van der Waals surface area contributed by atoms with Gasteiger partial charge in [0, 0.05) is 23.3 Å². The largest absolute Gasteiger partial charge is 0.508 e. The molecule has 0 spiro atoms. The number of fused-ring (bicyclic) bond motifs is 1. The molecule has 0 saturated carbocycles. The molecule has 0 aliphatic carbocycles. The number of nitrogens with one attached hydrogen (secondary N) is 2. The minimum Gasteiger partial charge on any atom is -0.508 e. The number of aromatic hydroxyl groups is 1. The summed E-state index contributed by atoms with van der Waals surface area (Å²) in [7, 11) is 1.93. The molecule has 1 heterocycles. The number of aryl methyl sites for hydroxylation is 1. The number of thioether (sulfide) groups is 1. The van der Waals surface area contributed by atoms with Crippen LogP contribution in [-0.2, 0) is 0 Å². The molecule has 0 amide bonds. The number of anilines is 2. The molecule has 2 aromatic rings. The predicted octanol–water partition coefficient (Wildman–Crippen LogP) is 3.96. The van der Waals surface area contributed by atoms with Gasteiger partial charge >= 0.3 is 0 Å². The predicted molar refractivity (Wildman–Crippen MR) is 81.1 cm³/mol. The molecular weight excluding hydrogens is 256 g/mol. The number of hydrogen-bond donors (Lipinski definition) is 3. The van der Waals surface area contributed by atoms with Crippen molar-refractivity contribution in [3.8, 4) is 5.75 Å². The topological polar surface area (TPSA) is 44.3 Å². The summed E-state index contributed by atoms with van der Waals surface area (Å²) in [4.78, 5) is 1.10. The van der Waals surface area contributed by atoms with E-state index in [-0.39, 0.29) is 5.37 Å². The third-order valence-corrected chi connectivity index (χ3v) is 4.54. The average molecular weight is 272 g/mol. The summed E-state index contributed by atoms with van der Waals surface area (Å²) in [5, 5.41) is 16.4. The molecule has 0 fully saturated rings. The number of phenols is 1. The van der Waals surface area contributed by atoms with Crippen molar-refractivity contribution in [2.45, 2.75) is 17.2 Å². The summed E-state index contributed by atoms with van der Waals surface area (Å²) >= 11 is 1.73. The van der Waals surface area contributed by atoms with Crippen molar-refractivity contribution >= 4 is 23.1 Å². The molecular formula is C15H16N2OS. The van der Waals surface area contributed by atoms with E-state index in [9.17, 15) is 5.11 Å². The third-order valence-electron chi connectivity index (χ3n) is 3.32. The Labute approximate surface area is 117 Å². The van der Waals surface area contributed by atoms with E-state index < -0.39 is 0 Å². The van der Waals surface area contributed by atoms with Crippen molar-refractivity contribution in [1.82, 2.24) is 0 Å². The molecule has 3 nitrogen and oxygen atoms in total.